The zero-order valence-electron chi connectivity index (χ0n) is 14.2. The van der Waals surface area contributed by atoms with Gasteiger partial charge in [0.05, 0.1) is 18.2 Å². The third-order valence-electron chi connectivity index (χ3n) is 3.76. The number of nitrogens with zero attached hydrogens (tertiary/aromatic N) is 2. The van der Waals surface area contributed by atoms with Crippen LogP contribution in [0.2, 0.25) is 0 Å². The van der Waals surface area contributed by atoms with Gasteiger partial charge in [-0.3, -0.25) is 9.59 Å². The lowest BCUT2D eigenvalue weighted by Gasteiger charge is -2.26. The van der Waals surface area contributed by atoms with E-state index in [0.29, 0.717) is 17.2 Å². The number of aromatic nitrogens is 1. The Hall–Kier alpha value is -2.70. The molecule has 6 nitrogen and oxygen atoms in total. The SMILES string of the molecule is CC(C)N(CCC(=O)O)C(=O)CCc1ncc(-c2ccccc2F)o1. The van der Waals surface area contributed by atoms with Crippen LogP contribution in [-0.2, 0) is 16.0 Å². The quantitative estimate of drug-likeness (QED) is 0.792. The van der Waals surface area contributed by atoms with Crippen LogP contribution in [0.5, 0.6) is 0 Å². The number of rotatable bonds is 8. The van der Waals surface area contributed by atoms with E-state index in [9.17, 15) is 14.0 Å². The number of hydrogen-bond acceptors (Lipinski definition) is 4. The second-order valence-corrected chi connectivity index (χ2v) is 5.92. The number of carboxylic acids is 1. The maximum atomic E-state index is 13.7. The van der Waals surface area contributed by atoms with Crippen LogP contribution in [0.15, 0.2) is 34.9 Å². The Bertz CT molecular complexity index is 742. The molecule has 1 heterocycles. The summed E-state index contributed by atoms with van der Waals surface area (Å²) in [5, 5.41) is 8.77. The fraction of sp³-hybridized carbons (Fsp3) is 0.389. The Morgan fingerprint density at radius 3 is 2.64 bits per heavy atom. The van der Waals surface area contributed by atoms with Crippen LogP contribution < -0.4 is 0 Å². The summed E-state index contributed by atoms with van der Waals surface area (Å²) in [6, 6.07) is 6.13. The first-order chi connectivity index (χ1) is 11.9. The predicted molar refractivity (Wildman–Crippen MR) is 89.3 cm³/mol. The van der Waals surface area contributed by atoms with Crippen LogP contribution >= 0.6 is 0 Å². The first-order valence-electron chi connectivity index (χ1n) is 8.09. The third-order valence-corrected chi connectivity index (χ3v) is 3.76. The van der Waals surface area contributed by atoms with Crippen molar-refractivity contribution in [1.82, 2.24) is 9.88 Å². The third kappa shape index (κ3) is 5.14. The summed E-state index contributed by atoms with van der Waals surface area (Å²) in [7, 11) is 0. The van der Waals surface area contributed by atoms with Crippen molar-refractivity contribution in [2.45, 2.75) is 39.2 Å². The van der Waals surface area contributed by atoms with Crippen LogP contribution in [0, 0.1) is 5.82 Å². The molecule has 1 aromatic heterocycles. The van der Waals surface area contributed by atoms with E-state index >= 15 is 0 Å². The number of carbonyl (C=O) groups excluding carboxylic acids is 1. The highest BCUT2D eigenvalue weighted by atomic mass is 19.1. The number of aliphatic carboxylic acids is 1. The first kappa shape index (κ1) is 18.6. The molecule has 2 rings (SSSR count). The van der Waals surface area contributed by atoms with Gasteiger partial charge in [0.1, 0.15) is 5.82 Å². The maximum absolute atomic E-state index is 13.7. The molecule has 134 valence electrons. The topological polar surface area (TPSA) is 83.6 Å². The Morgan fingerprint density at radius 2 is 2.00 bits per heavy atom. The molecule has 1 aromatic carbocycles. The number of aryl methyl sites for hydroxylation is 1. The van der Waals surface area contributed by atoms with E-state index in [2.05, 4.69) is 4.98 Å². The van der Waals surface area contributed by atoms with Gasteiger partial charge in [0.2, 0.25) is 5.91 Å². The van der Waals surface area contributed by atoms with Crippen LogP contribution in [0.1, 0.15) is 32.6 Å². The molecule has 0 saturated carbocycles. The maximum Gasteiger partial charge on any atom is 0.305 e. The summed E-state index contributed by atoms with van der Waals surface area (Å²) < 4.78 is 19.3. The summed E-state index contributed by atoms with van der Waals surface area (Å²) in [6.07, 6.45) is 1.75. The number of halogens is 1. The summed E-state index contributed by atoms with van der Waals surface area (Å²) in [5.41, 5.74) is 0.317. The van der Waals surface area contributed by atoms with Gasteiger partial charge in [-0.2, -0.15) is 0 Å². The molecule has 25 heavy (non-hydrogen) atoms. The summed E-state index contributed by atoms with van der Waals surface area (Å²) >= 11 is 0. The van der Waals surface area contributed by atoms with Gasteiger partial charge in [0.15, 0.2) is 11.7 Å². The molecule has 2 aromatic rings. The fourth-order valence-corrected chi connectivity index (χ4v) is 2.46. The first-order valence-corrected chi connectivity index (χ1v) is 8.09. The molecule has 0 radical (unpaired) electrons. The highest BCUT2D eigenvalue weighted by Crippen LogP contribution is 2.23. The lowest BCUT2D eigenvalue weighted by atomic mass is 10.2. The molecule has 0 aliphatic rings. The monoisotopic (exact) mass is 348 g/mol. The Morgan fingerprint density at radius 1 is 1.28 bits per heavy atom. The number of carbonyl (C=O) groups is 2. The number of benzene rings is 1. The van der Waals surface area contributed by atoms with Gasteiger partial charge >= 0.3 is 5.97 Å². The van der Waals surface area contributed by atoms with Crippen LogP contribution in [-0.4, -0.2) is 39.5 Å². The minimum absolute atomic E-state index is 0.0922. The zero-order valence-corrected chi connectivity index (χ0v) is 14.2. The number of oxazole rings is 1. The van der Waals surface area contributed by atoms with E-state index in [4.69, 9.17) is 9.52 Å². The summed E-state index contributed by atoms with van der Waals surface area (Å²) in [5.74, 6) is -0.857. The van der Waals surface area contributed by atoms with Gasteiger partial charge in [0, 0.05) is 25.4 Å². The van der Waals surface area contributed by atoms with Gasteiger partial charge in [0.25, 0.3) is 0 Å². The van der Waals surface area contributed by atoms with Gasteiger partial charge in [-0.05, 0) is 26.0 Å². The Kier molecular flexibility index (Phi) is 6.27. The Labute approximate surface area is 145 Å². The number of carboxylic acid groups (broad SMARTS) is 1. The predicted octanol–water partition coefficient (Wildman–Crippen LogP) is 3.13. The van der Waals surface area contributed by atoms with E-state index in [1.54, 1.807) is 18.2 Å². The van der Waals surface area contributed by atoms with Crippen LogP contribution in [0.4, 0.5) is 4.39 Å². The molecule has 0 fully saturated rings. The van der Waals surface area contributed by atoms with Crippen molar-refractivity contribution in [3.63, 3.8) is 0 Å². The molecular weight excluding hydrogens is 327 g/mol. The molecule has 0 atom stereocenters. The average Bonchev–Trinajstić information content (AvgIpc) is 3.01. The summed E-state index contributed by atoms with van der Waals surface area (Å²) in [4.78, 5) is 28.6. The second kappa shape index (κ2) is 8.41. The van der Waals surface area contributed by atoms with Crippen molar-refractivity contribution in [3.05, 3.63) is 42.2 Å². The molecule has 1 N–H and O–H groups in total. The van der Waals surface area contributed by atoms with Crippen LogP contribution in [0.25, 0.3) is 11.3 Å². The van der Waals surface area contributed by atoms with Gasteiger partial charge in [-0.1, -0.05) is 12.1 Å². The van der Waals surface area contributed by atoms with Crippen molar-refractivity contribution < 1.29 is 23.5 Å². The minimum atomic E-state index is -0.944. The number of hydrogen-bond donors (Lipinski definition) is 1. The highest BCUT2D eigenvalue weighted by Gasteiger charge is 2.19. The average molecular weight is 348 g/mol. The number of amides is 1. The van der Waals surface area contributed by atoms with Crippen molar-refractivity contribution in [3.8, 4) is 11.3 Å². The van der Waals surface area contributed by atoms with Gasteiger partial charge < -0.3 is 14.4 Å². The Balaban J connectivity index is 1.97. The molecule has 0 saturated heterocycles. The van der Waals surface area contributed by atoms with Gasteiger partial charge in [-0.15, -0.1) is 0 Å². The van der Waals surface area contributed by atoms with E-state index < -0.39 is 11.8 Å². The smallest absolute Gasteiger partial charge is 0.305 e. The summed E-state index contributed by atoms with van der Waals surface area (Å²) in [6.45, 7) is 3.83. The van der Waals surface area contributed by atoms with Gasteiger partial charge in [-0.25, -0.2) is 9.37 Å². The lowest BCUT2D eigenvalue weighted by Crippen LogP contribution is -2.38. The zero-order chi connectivity index (χ0) is 18.4. The van der Waals surface area contributed by atoms with E-state index in [1.165, 1.54) is 17.2 Å². The standard InChI is InChI=1S/C18H21FN2O4/c1-12(2)21(10-9-18(23)24)17(22)8-7-16-20-11-15(25-16)13-5-3-4-6-14(13)19/h3-6,11-12H,7-10H2,1-2H3,(H,23,24). The molecule has 0 bridgehead atoms. The van der Waals surface area contributed by atoms with E-state index in [0.717, 1.165) is 0 Å². The molecule has 0 unspecified atom stereocenters. The van der Waals surface area contributed by atoms with E-state index in [1.807, 2.05) is 13.8 Å². The molecule has 7 heteroatoms. The second-order valence-electron chi connectivity index (χ2n) is 5.92. The largest absolute Gasteiger partial charge is 0.481 e. The minimum Gasteiger partial charge on any atom is -0.481 e. The van der Waals surface area contributed by atoms with Crippen molar-refractivity contribution in [1.29, 1.82) is 0 Å². The normalized spacial score (nSPS) is 10.9. The molecular formula is C18H21FN2O4. The molecule has 0 spiro atoms. The van der Waals surface area contributed by atoms with E-state index in [-0.39, 0.29) is 37.8 Å². The highest BCUT2D eigenvalue weighted by molar-refractivity contribution is 5.77. The fourth-order valence-electron chi connectivity index (χ4n) is 2.46. The van der Waals surface area contributed by atoms with Crippen molar-refractivity contribution in [2.24, 2.45) is 0 Å². The lowest BCUT2D eigenvalue weighted by molar-refractivity contribution is -0.139. The van der Waals surface area contributed by atoms with Crippen LogP contribution in [0.3, 0.4) is 0 Å². The van der Waals surface area contributed by atoms with Crippen molar-refractivity contribution in [2.75, 3.05) is 6.54 Å². The molecule has 0 aliphatic carbocycles. The molecule has 0 aliphatic heterocycles. The van der Waals surface area contributed by atoms with Crippen molar-refractivity contribution >= 4 is 11.9 Å². The molecule has 1 amide bonds.